The van der Waals surface area contributed by atoms with Crippen LogP contribution in [0.1, 0.15) is 16.5 Å². The van der Waals surface area contributed by atoms with Gasteiger partial charge in [-0.1, -0.05) is 11.2 Å². The fourth-order valence-corrected chi connectivity index (χ4v) is 4.23. The highest BCUT2D eigenvalue weighted by molar-refractivity contribution is 7.09. The zero-order valence-electron chi connectivity index (χ0n) is 14.9. The van der Waals surface area contributed by atoms with Gasteiger partial charge in [-0.3, -0.25) is 4.57 Å². The molecular weight excluding hydrogens is 393 g/mol. The highest BCUT2D eigenvalue weighted by Gasteiger charge is 2.26. The summed E-state index contributed by atoms with van der Waals surface area (Å²) in [5.41, 5.74) is 2.85. The normalized spacial score (nSPS) is 12.3. The zero-order chi connectivity index (χ0) is 19.4. The lowest BCUT2D eigenvalue weighted by molar-refractivity contribution is 0.386. The van der Waals surface area contributed by atoms with Gasteiger partial charge in [-0.25, -0.2) is 19.0 Å². The van der Waals surface area contributed by atoms with E-state index in [1.807, 2.05) is 22.1 Å². The van der Waals surface area contributed by atoms with Gasteiger partial charge in [0.15, 0.2) is 5.82 Å². The van der Waals surface area contributed by atoms with Gasteiger partial charge >= 0.3 is 0 Å². The van der Waals surface area contributed by atoms with Gasteiger partial charge in [-0.15, -0.1) is 11.3 Å². The fourth-order valence-electron chi connectivity index (χ4n) is 3.53. The molecule has 0 amide bonds. The van der Waals surface area contributed by atoms with Crippen LogP contribution in [-0.2, 0) is 13.0 Å². The number of rotatable bonds is 3. The molecule has 0 bridgehead atoms. The second kappa shape index (κ2) is 6.17. The molecule has 142 valence electrons. The van der Waals surface area contributed by atoms with E-state index in [2.05, 4.69) is 25.2 Å². The number of nitrogens with zero attached hydrogens (tertiary/aromatic N) is 7. The summed E-state index contributed by atoms with van der Waals surface area (Å²) in [6.45, 7) is 0.399. The van der Waals surface area contributed by atoms with Crippen LogP contribution in [0.2, 0.25) is 0 Å². The van der Waals surface area contributed by atoms with Gasteiger partial charge in [-0.2, -0.15) is 10.1 Å². The number of imidazole rings is 1. The molecule has 0 fully saturated rings. The SMILES string of the molecule is Fc1ccc2c(c1)-c1ncnn1Cc1c(-c3noc(Cc4cccs4)n3)ncn1-2. The Labute approximate surface area is 167 Å². The van der Waals surface area contributed by atoms with Crippen LogP contribution in [-0.4, -0.2) is 34.5 Å². The molecule has 1 aromatic carbocycles. The predicted octanol–water partition coefficient (Wildman–Crippen LogP) is 3.33. The highest BCUT2D eigenvalue weighted by Crippen LogP contribution is 2.33. The zero-order valence-corrected chi connectivity index (χ0v) is 15.7. The van der Waals surface area contributed by atoms with Crippen LogP contribution in [0.3, 0.4) is 0 Å². The molecule has 4 aromatic heterocycles. The molecule has 0 aliphatic carbocycles. The van der Waals surface area contributed by atoms with Crippen molar-refractivity contribution in [1.29, 1.82) is 0 Å². The van der Waals surface area contributed by atoms with Gasteiger partial charge in [-0.05, 0) is 29.6 Å². The van der Waals surface area contributed by atoms with E-state index < -0.39 is 0 Å². The maximum absolute atomic E-state index is 13.9. The Morgan fingerprint density at radius 1 is 1.21 bits per heavy atom. The maximum Gasteiger partial charge on any atom is 0.232 e. The van der Waals surface area contributed by atoms with E-state index in [-0.39, 0.29) is 5.82 Å². The summed E-state index contributed by atoms with van der Waals surface area (Å²) in [4.78, 5) is 14.5. The lowest BCUT2D eigenvalue weighted by atomic mass is 10.1. The van der Waals surface area contributed by atoms with Crippen LogP contribution in [0.4, 0.5) is 4.39 Å². The Kier molecular flexibility index (Phi) is 3.47. The number of fused-ring (bicyclic) bond motifs is 5. The number of hydrogen-bond acceptors (Lipinski definition) is 7. The summed E-state index contributed by atoms with van der Waals surface area (Å²) in [7, 11) is 0. The quantitative estimate of drug-likeness (QED) is 0.449. The summed E-state index contributed by atoms with van der Waals surface area (Å²) in [5, 5.41) is 10.4. The van der Waals surface area contributed by atoms with E-state index in [1.54, 1.807) is 28.4 Å². The third kappa shape index (κ3) is 2.60. The van der Waals surface area contributed by atoms with Gasteiger partial charge < -0.3 is 4.52 Å². The molecule has 0 saturated heterocycles. The van der Waals surface area contributed by atoms with Crippen LogP contribution >= 0.6 is 11.3 Å². The molecule has 29 heavy (non-hydrogen) atoms. The average Bonchev–Trinajstić information content (AvgIpc) is 3.50. The van der Waals surface area contributed by atoms with E-state index in [9.17, 15) is 4.39 Å². The standard InChI is InChI=1S/C19H12FN7OS/c20-11-3-4-14-13(6-11)19-21-9-23-27(19)8-15-17(22-10-26(14)15)18-24-16(28-25-18)7-12-2-1-5-29-12/h1-6,9-10H,7-8H2. The molecule has 1 aliphatic rings. The maximum atomic E-state index is 13.9. The number of aromatic nitrogens is 7. The minimum Gasteiger partial charge on any atom is -0.339 e. The first-order valence-electron chi connectivity index (χ1n) is 8.86. The molecule has 0 atom stereocenters. The Bertz CT molecular complexity index is 1330. The Morgan fingerprint density at radius 2 is 2.17 bits per heavy atom. The molecule has 0 N–H and O–H groups in total. The van der Waals surface area contributed by atoms with Crippen molar-refractivity contribution in [2.75, 3.05) is 0 Å². The first-order valence-corrected chi connectivity index (χ1v) is 9.74. The van der Waals surface area contributed by atoms with Crippen molar-refractivity contribution in [2.24, 2.45) is 0 Å². The molecular formula is C19H12FN7OS. The molecule has 0 saturated carbocycles. The summed E-state index contributed by atoms with van der Waals surface area (Å²) in [6.07, 6.45) is 3.72. The van der Waals surface area contributed by atoms with E-state index in [4.69, 9.17) is 4.52 Å². The lowest BCUT2D eigenvalue weighted by Crippen LogP contribution is -2.05. The van der Waals surface area contributed by atoms with Crippen molar-refractivity contribution in [3.8, 4) is 28.6 Å². The molecule has 0 unspecified atom stereocenters. The minimum atomic E-state index is -0.335. The van der Waals surface area contributed by atoms with E-state index in [0.29, 0.717) is 41.8 Å². The molecule has 5 aromatic rings. The number of thiophene rings is 1. The van der Waals surface area contributed by atoms with Crippen LogP contribution in [0.25, 0.3) is 28.6 Å². The Balaban J connectivity index is 1.47. The summed E-state index contributed by atoms with van der Waals surface area (Å²) < 4.78 is 23.0. The van der Waals surface area contributed by atoms with Gasteiger partial charge in [0.2, 0.25) is 11.7 Å². The van der Waals surface area contributed by atoms with Crippen molar-refractivity contribution in [3.05, 3.63) is 70.6 Å². The predicted molar refractivity (Wildman–Crippen MR) is 102 cm³/mol. The average molecular weight is 405 g/mol. The van der Waals surface area contributed by atoms with E-state index in [1.165, 1.54) is 18.5 Å². The van der Waals surface area contributed by atoms with Gasteiger partial charge in [0.25, 0.3) is 0 Å². The molecule has 5 heterocycles. The molecule has 10 heteroatoms. The highest BCUT2D eigenvalue weighted by atomic mass is 32.1. The molecule has 0 radical (unpaired) electrons. The van der Waals surface area contributed by atoms with Gasteiger partial charge in [0.1, 0.15) is 24.2 Å². The molecule has 6 rings (SSSR count). The number of benzene rings is 1. The van der Waals surface area contributed by atoms with Gasteiger partial charge in [0, 0.05) is 10.4 Å². The number of hydrogen-bond donors (Lipinski definition) is 0. The van der Waals surface area contributed by atoms with Crippen LogP contribution < -0.4 is 0 Å². The largest absolute Gasteiger partial charge is 0.339 e. The smallest absolute Gasteiger partial charge is 0.232 e. The second-order valence-corrected chi connectivity index (χ2v) is 7.61. The third-order valence-corrected chi connectivity index (χ3v) is 5.70. The van der Waals surface area contributed by atoms with Crippen molar-refractivity contribution >= 4 is 11.3 Å². The van der Waals surface area contributed by atoms with Crippen molar-refractivity contribution in [1.82, 2.24) is 34.5 Å². The fraction of sp³-hybridized carbons (Fsp3) is 0.105. The molecule has 1 aliphatic heterocycles. The minimum absolute atomic E-state index is 0.335. The third-order valence-electron chi connectivity index (χ3n) is 4.83. The second-order valence-electron chi connectivity index (χ2n) is 6.58. The van der Waals surface area contributed by atoms with Crippen molar-refractivity contribution in [2.45, 2.75) is 13.0 Å². The monoisotopic (exact) mass is 405 g/mol. The Morgan fingerprint density at radius 3 is 3.07 bits per heavy atom. The first kappa shape index (κ1) is 16.3. The molecule has 8 nitrogen and oxygen atoms in total. The van der Waals surface area contributed by atoms with Crippen molar-refractivity contribution in [3.63, 3.8) is 0 Å². The van der Waals surface area contributed by atoms with Crippen LogP contribution in [0.5, 0.6) is 0 Å². The molecule has 0 spiro atoms. The van der Waals surface area contributed by atoms with Crippen molar-refractivity contribution < 1.29 is 8.91 Å². The Hall–Kier alpha value is -3.66. The first-order chi connectivity index (χ1) is 14.3. The van der Waals surface area contributed by atoms with E-state index in [0.717, 1.165) is 16.3 Å². The summed E-state index contributed by atoms with van der Waals surface area (Å²) in [6, 6.07) is 8.60. The summed E-state index contributed by atoms with van der Waals surface area (Å²) >= 11 is 1.64. The topological polar surface area (TPSA) is 87.4 Å². The van der Waals surface area contributed by atoms with E-state index >= 15 is 0 Å². The lowest BCUT2D eigenvalue weighted by Gasteiger charge is -2.08. The van der Waals surface area contributed by atoms with Crippen LogP contribution in [0.15, 0.2) is 52.9 Å². The summed E-state index contributed by atoms with van der Waals surface area (Å²) in [5.74, 6) is 1.21. The van der Waals surface area contributed by atoms with Gasteiger partial charge in [0.05, 0.1) is 24.3 Å². The van der Waals surface area contributed by atoms with Crippen LogP contribution in [0, 0.1) is 5.82 Å². The number of halogens is 1.